The molecular weight excluding hydrogens is 1050 g/mol. The largest absolute Gasteiger partial charge is 0.466 e. The van der Waals surface area contributed by atoms with Gasteiger partial charge < -0.3 is 20.3 Å². The first-order valence-corrected chi connectivity index (χ1v) is 40.3. The highest BCUT2D eigenvalue weighted by Gasteiger charge is 2.20. The molecule has 0 bridgehead atoms. The van der Waals surface area contributed by atoms with Crippen molar-refractivity contribution in [1.82, 2.24) is 5.32 Å². The lowest BCUT2D eigenvalue weighted by Crippen LogP contribution is -2.45. The Morgan fingerprint density at radius 3 is 0.709 bits per heavy atom. The van der Waals surface area contributed by atoms with Gasteiger partial charge in [0.25, 0.3) is 0 Å². The van der Waals surface area contributed by atoms with E-state index in [0.717, 1.165) is 38.5 Å². The molecular formula is C80H159NO5. The second kappa shape index (κ2) is 76.3. The molecule has 6 heteroatoms. The lowest BCUT2D eigenvalue weighted by atomic mass is 10.0. The van der Waals surface area contributed by atoms with Gasteiger partial charge in [-0.15, -0.1) is 0 Å². The Labute approximate surface area is 540 Å². The summed E-state index contributed by atoms with van der Waals surface area (Å²) in [6.45, 7) is 5.02. The van der Waals surface area contributed by atoms with Crippen LogP contribution in [0.15, 0.2) is 0 Å². The van der Waals surface area contributed by atoms with Crippen molar-refractivity contribution in [3.63, 3.8) is 0 Å². The number of carbonyl (C=O) groups is 2. The lowest BCUT2D eigenvalue weighted by molar-refractivity contribution is -0.143. The summed E-state index contributed by atoms with van der Waals surface area (Å²) in [6, 6.07) is -0.539. The zero-order valence-corrected chi connectivity index (χ0v) is 59.1. The fourth-order valence-corrected chi connectivity index (χ4v) is 13.3. The Hall–Kier alpha value is -1.14. The fourth-order valence-electron chi connectivity index (χ4n) is 13.3. The molecule has 0 saturated carbocycles. The van der Waals surface area contributed by atoms with Crippen LogP contribution in [0.4, 0.5) is 0 Å². The van der Waals surface area contributed by atoms with E-state index in [1.807, 2.05) is 0 Å². The number of hydrogen-bond acceptors (Lipinski definition) is 5. The average molecular weight is 1220 g/mol. The molecule has 0 aliphatic heterocycles. The maximum atomic E-state index is 12.6. The van der Waals surface area contributed by atoms with Crippen molar-refractivity contribution < 1.29 is 24.5 Å². The highest BCUT2D eigenvalue weighted by atomic mass is 16.5. The molecule has 2 unspecified atom stereocenters. The van der Waals surface area contributed by atoms with E-state index >= 15 is 0 Å². The van der Waals surface area contributed by atoms with Crippen LogP contribution in [-0.4, -0.2) is 47.4 Å². The van der Waals surface area contributed by atoms with E-state index in [4.69, 9.17) is 4.74 Å². The third kappa shape index (κ3) is 71.9. The van der Waals surface area contributed by atoms with Crippen molar-refractivity contribution in [2.75, 3.05) is 13.2 Å². The van der Waals surface area contributed by atoms with Gasteiger partial charge in [0, 0.05) is 12.8 Å². The van der Waals surface area contributed by atoms with Crippen LogP contribution < -0.4 is 5.32 Å². The van der Waals surface area contributed by atoms with Crippen LogP contribution in [0.3, 0.4) is 0 Å². The number of aliphatic hydroxyl groups excluding tert-OH is 2. The highest BCUT2D eigenvalue weighted by Crippen LogP contribution is 2.21. The molecule has 0 rings (SSSR count). The van der Waals surface area contributed by atoms with E-state index in [1.54, 1.807) is 0 Å². The molecule has 0 radical (unpaired) electrons. The Balaban J connectivity index is 3.33. The zero-order valence-electron chi connectivity index (χ0n) is 59.1. The van der Waals surface area contributed by atoms with Crippen molar-refractivity contribution in [2.24, 2.45) is 0 Å². The van der Waals surface area contributed by atoms with Crippen molar-refractivity contribution in [3.8, 4) is 0 Å². The molecule has 86 heavy (non-hydrogen) atoms. The van der Waals surface area contributed by atoms with E-state index in [0.29, 0.717) is 25.9 Å². The fraction of sp³-hybridized carbons (Fsp3) is 0.975. The topological polar surface area (TPSA) is 95.9 Å². The van der Waals surface area contributed by atoms with Crippen LogP contribution >= 0.6 is 0 Å². The second-order valence-electron chi connectivity index (χ2n) is 28.1. The molecule has 0 fully saturated rings. The van der Waals surface area contributed by atoms with E-state index < -0.39 is 12.1 Å². The van der Waals surface area contributed by atoms with Gasteiger partial charge in [-0.3, -0.25) is 9.59 Å². The third-order valence-electron chi connectivity index (χ3n) is 19.4. The summed E-state index contributed by atoms with van der Waals surface area (Å²) >= 11 is 0. The molecule has 0 aromatic heterocycles. The Kier molecular flexibility index (Phi) is 75.3. The van der Waals surface area contributed by atoms with Crippen LogP contribution in [0.5, 0.6) is 0 Å². The number of aliphatic hydroxyl groups is 2. The molecule has 2 atom stereocenters. The normalized spacial score (nSPS) is 12.4. The molecule has 514 valence electrons. The Morgan fingerprint density at radius 2 is 0.477 bits per heavy atom. The van der Waals surface area contributed by atoms with Gasteiger partial charge >= 0.3 is 5.97 Å². The minimum atomic E-state index is -0.663. The summed E-state index contributed by atoms with van der Waals surface area (Å²) in [5, 5.41) is 23.5. The predicted molar refractivity (Wildman–Crippen MR) is 380 cm³/mol. The third-order valence-corrected chi connectivity index (χ3v) is 19.4. The van der Waals surface area contributed by atoms with Crippen LogP contribution in [-0.2, 0) is 14.3 Å². The van der Waals surface area contributed by atoms with Crippen molar-refractivity contribution in [2.45, 2.75) is 488 Å². The van der Waals surface area contributed by atoms with Gasteiger partial charge in [0.05, 0.1) is 25.4 Å². The summed E-state index contributed by atoms with van der Waals surface area (Å²) in [4.78, 5) is 24.7. The van der Waals surface area contributed by atoms with Gasteiger partial charge in [-0.05, 0) is 25.7 Å². The van der Waals surface area contributed by atoms with Crippen LogP contribution in [0.25, 0.3) is 0 Å². The molecule has 0 aromatic rings. The maximum Gasteiger partial charge on any atom is 0.305 e. The molecule has 3 N–H and O–H groups in total. The summed E-state index contributed by atoms with van der Waals surface area (Å²) in [7, 11) is 0. The van der Waals surface area contributed by atoms with Gasteiger partial charge in [-0.2, -0.15) is 0 Å². The molecule has 6 nitrogen and oxygen atoms in total. The van der Waals surface area contributed by atoms with Crippen molar-refractivity contribution in [1.29, 1.82) is 0 Å². The highest BCUT2D eigenvalue weighted by molar-refractivity contribution is 5.76. The number of amides is 1. The number of carbonyl (C=O) groups excluding carboxylic acids is 2. The summed E-state index contributed by atoms with van der Waals surface area (Å²) in [5.74, 6) is -0.000466. The summed E-state index contributed by atoms with van der Waals surface area (Å²) in [6.07, 6.45) is 94.8. The van der Waals surface area contributed by atoms with Crippen LogP contribution in [0.1, 0.15) is 476 Å². The van der Waals surface area contributed by atoms with Crippen LogP contribution in [0, 0.1) is 0 Å². The summed E-state index contributed by atoms with van der Waals surface area (Å²) in [5.41, 5.74) is 0. The molecule has 0 aliphatic rings. The number of rotatable bonds is 77. The maximum absolute atomic E-state index is 12.6. The van der Waals surface area contributed by atoms with Crippen molar-refractivity contribution in [3.05, 3.63) is 0 Å². The van der Waals surface area contributed by atoms with Gasteiger partial charge in [-0.1, -0.05) is 438 Å². The molecule has 0 saturated heterocycles. The molecule has 0 aromatic carbocycles. The van der Waals surface area contributed by atoms with Crippen molar-refractivity contribution >= 4 is 11.9 Å². The Morgan fingerprint density at radius 1 is 0.279 bits per heavy atom. The van der Waals surface area contributed by atoms with Crippen LogP contribution in [0.2, 0.25) is 0 Å². The van der Waals surface area contributed by atoms with Gasteiger partial charge in [0.2, 0.25) is 5.91 Å². The number of ether oxygens (including phenoxy) is 1. The van der Waals surface area contributed by atoms with E-state index in [1.165, 1.54) is 405 Å². The average Bonchev–Trinajstić information content (AvgIpc) is 3.52. The first-order chi connectivity index (χ1) is 42.5. The molecule has 0 spiro atoms. The number of nitrogens with one attached hydrogen (secondary N) is 1. The molecule has 0 aliphatic carbocycles. The Bertz CT molecular complexity index is 1260. The van der Waals surface area contributed by atoms with E-state index in [2.05, 4.69) is 19.2 Å². The van der Waals surface area contributed by atoms with E-state index in [-0.39, 0.29) is 18.5 Å². The number of unbranched alkanes of at least 4 members (excludes halogenated alkanes) is 66. The number of esters is 1. The molecule has 0 heterocycles. The standard InChI is InChI=1S/C80H159NO5/c1-3-5-7-9-11-13-15-17-19-20-21-22-23-29-32-35-38-41-45-48-52-56-60-64-68-72-78(83)77(76-82)81-79(84)73-69-65-61-57-53-49-46-42-39-36-33-30-27-25-24-26-28-31-34-37-40-43-47-51-55-59-63-67-71-75-86-80(85)74-70-66-62-58-54-50-44-18-16-14-12-10-8-6-4-2/h77-78,82-83H,3-76H2,1-2H3,(H,81,84). The second-order valence-corrected chi connectivity index (χ2v) is 28.1. The zero-order chi connectivity index (χ0) is 62.0. The molecule has 1 amide bonds. The van der Waals surface area contributed by atoms with E-state index in [9.17, 15) is 19.8 Å². The lowest BCUT2D eigenvalue weighted by Gasteiger charge is -2.22. The SMILES string of the molecule is CCCCCCCCCCCCCCCCCCCCCCCCCCCC(O)C(CO)NC(=O)CCCCCCCCCCCCCCCCCCCCCCCCCCCCCCCOC(=O)CCCCCCCCCCCCCCCCC. The quantitative estimate of drug-likeness (QED) is 0.0417. The first-order valence-electron chi connectivity index (χ1n) is 40.3. The van der Waals surface area contributed by atoms with Gasteiger partial charge in [0.1, 0.15) is 0 Å². The minimum absolute atomic E-state index is 0.0241. The van der Waals surface area contributed by atoms with Gasteiger partial charge in [-0.25, -0.2) is 0 Å². The van der Waals surface area contributed by atoms with Gasteiger partial charge in [0.15, 0.2) is 0 Å². The smallest absolute Gasteiger partial charge is 0.305 e. The minimum Gasteiger partial charge on any atom is -0.466 e. The number of hydrogen-bond donors (Lipinski definition) is 3. The predicted octanol–water partition coefficient (Wildman–Crippen LogP) is 26.5. The first kappa shape index (κ1) is 84.9. The summed E-state index contributed by atoms with van der Waals surface area (Å²) < 4.78 is 5.51. The monoisotopic (exact) mass is 1210 g/mol.